The van der Waals surface area contributed by atoms with Crippen LogP contribution in [0.25, 0.3) is 0 Å². The van der Waals surface area contributed by atoms with E-state index >= 15 is 0 Å². The first-order chi connectivity index (χ1) is 8.25. The van der Waals surface area contributed by atoms with Crippen molar-refractivity contribution in [1.82, 2.24) is 4.90 Å². The number of ether oxygens (including phenoxy) is 1. The van der Waals surface area contributed by atoms with Gasteiger partial charge < -0.3 is 9.84 Å². The highest BCUT2D eigenvalue weighted by atomic mass is 16.5. The van der Waals surface area contributed by atoms with Gasteiger partial charge in [0.1, 0.15) is 5.60 Å². The second-order valence-electron chi connectivity index (χ2n) is 5.29. The SMILES string of the molecule is OC1(CN2Cc3ccccc3C2)CCCOC1. The molecule has 2 heterocycles. The van der Waals surface area contributed by atoms with Gasteiger partial charge in [-0.1, -0.05) is 24.3 Å². The molecule has 0 amide bonds. The molecule has 3 heteroatoms. The molecule has 1 aromatic rings. The van der Waals surface area contributed by atoms with Gasteiger partial charge in [0.05, 0.1) is 6.61 Å². The molecule has 0 spiro atoms. The molecule has 3 nitrogen and oxygen atoms in total. The lowest BCUT2D eigenvalue weighted by atomic mass is 9.96. The number of rotatable bonds is 2. The molecule has 0 aliphatic carbocycles. The van der Waals surface area contributed by atoms with Crippen molar-refractivity contribution in [2.45, 2.75) is 31.5 Å². The summed E-state index contributed by atoms with van der Waals surface area (Å²) in [6, 6.07) is 8.52. The third kappa shape index (κ3) is 2.37. The summed E-state index contributed by atoms with van der Waals surface area (Å²) in [5.41, 5.74) is 2.15. The normalized spacial score (nSPS) is 29.2. The van der Waals surface area contributed by atoms with E-state index in [2.05, 4.69) is 29.2 Å². The van der Waals surface area contributed by atoms with E-state index in [1.165, 1.54) is 11.1 Å². The van der Waals surface area contributed by atoms with Crippen molar-refractivity contribution < 1.29 is 9.84 Å². The largest absolute Gasteiger partial charge is 0.386 e. The zero-order valence-corrected chi connectivity index (χ0v) is 10.1. The summed E-state index contributed by atoms with van der Waals surface area (Å²) >= 11 is 0. The van der Waals surface area contributed by atoms with Gasteiger partial charge in [-0.15, -0.1) is 0 Å². The van der Waals surface area contributed by atoms with Gasteiger partial charge in [-0.2, -0.15) is 0 Å². The number of nitrogens with zero attached hydrogens (tertiary/aromatic N) is 1. The second-order valence-corrected chi connectivity index (χ2v) is 5.29. The second kappa shape index (κ2) is 4.41. The van der Waals surface area contributed by atoms with Crippen molar-refractivity contribution in [3.8, 4) is 0 Å². The Labute approximate surface area is 102 Å². The molecule has 2 aliphatic heterocycles. The van der Waals surface area contributed by atoms with E-state index in [1.807, 2.05) is 0 Å². The first-order valence-corrected chi connectivity index (χ1v) is 6.34. The van der Waals surface area contributed by atoms with Crippen LogP contribution in [0.4, 0.5) is 0 Å². The van der Waals surface area contributed by atoms with Crippen LogP contribution in [0.2, 0.25) is 0 Å². The number of benzene rings is 1. The van der Waals surface area contributed by atoms with E-state index < -0.39 is 5.60 Å². The Balaban J connectivity index is 1.65. The van der Waals surface area contributed by atoms with Crippen molar-refractivity contribution in [3.05, 3.63) is 35.4 Å². The average Bonchev–Trinajstić information content (AvgIpc) is 2.71. The average molecular weight is 233 g/mol. The minimum absolute atomic E-state index is 0.486. The van der Waals surface area contributed by atoms with Crippen LogP contribution in [0.3, 0.4) is 0 Å². The lowest BCUT2D eigenvalue weighted by molar-refractivity contribution is -0.101. The van der Waals surface area contributed by atoms with Crippen molar-refractivity contribution in [2.24, 2.45) is 0 Å². The van der Waals surface area contributed by atoms with E-state index in [0.29, 0.717) is 6.61 Å². The van der Waals surface area contributed by atoms with Crippen molar-refractivity contribution in [1.29, 1.82) is 0 Å². The highest BCUT2D eigenvalue weighted by Crippen LogP contribution is 2.27. The zero-order chi connectivity index (χ0) is 11.7. The Morgan fingerprint density at radius 1 is 1.24 bits per heavy atom. The summed E-state index contributed by atoms with van der Waals surface area (Å²) in [7, 11) is 0. The molecule has 17 heavy (non-hydrogen) atoms. The van der Waals surface area contributed by atoms with Crippen LogP contribution in [0.15, 0.2) is 24.3 Å². The molecule has 1 aromatic carbocycles. The maximum absolute atomic E-state index is 10.4. The molecule has 1 atom stereocenters. The first-order valence-electron chi connectivity index (χ1n) is 6.34. The number of fused-ring (bicyclic) bond motifs is 1. The van der Waals surface area contributed by atoms with E-state index in [9.17, 15) is 5.11 Å². The molecule has 3 rings (SSSR count). The fraction of sp³-hybridized carbons (Fsp3) is 0.571. The van der Waals surface area contributed by atoms with E-state index in [4.69, 9.17) is 4.74 Å². The first kappa shape index (κ1) is 11.2. The summed E-state index contributed by atoms with van der Waals surface area (Å²) in [5, 5.41) is 10.4. The van der Waals surface area contributed by atoms with Gasteiger partial charge in [-0.25, -0.2) is 0 Å². The van der Waals surface area contributed by atoms with Crippen LogP contribution in [0.1, 0.15) is 24.0 Å². The van der Waals surface area contributed by atoms with Crippen LogP contribution < -0.4 is 0 Å². The molecule has 1 fully saturated rings. The fourth-order valence-electron chi connectivity index (χ4n) is 2.89. The lowest BCUT2D eigenvalue weighted by Gasteiger charge is -2.35. The maximum Gasteiger partial charge on any atom is 0.101 e. The standard InChI is InChI=1S/C14H19NO2/c16-14(6-3-7-17-11-14)10-15-8-12-4-1-2-5-13(12)9-15/h1-2,4-5,16H,3,6-11H2. The summed E-state index contributed by atoms with van der Waals surface area (Å²) in [6.45, 7) is 3.92. The maximum atomic E-state index is 10.4. The monoisotopic (exact) mass is 233 g/mol. The van der Waals surface area contributed by atoms with E-state index in [0.717, 1.165) is 39.1 Å². The van der Waals surface area contributed by atoms with Gasteiger partial charge in [-0.3, -0.25) is 4.90 Å². The molecular formula is C14H19NO2. The summed E-state index contributed by atoms with van der Waals surface area (Å²) in [6.07, 6.45) is 1.83. The molecular weight excluding hydrogens is 214 g/mol. The van der Waals surface area contributed by atoms with Crippen LogP contribution in [-0.2, 0) is 17.8 Å². The van der Waals surface area contributed by atoms with Crippen LogP contribution in [-0.4, -0.2) is 35.4 Å². The number of aliphatic hydroxyl groups is 1. The highest BCUT2D eigenvalue weighted by Gasteiger charge is 2.33. The quantitative estimate of drug-likeness (QED) is 0.841. The Morgan fingerprint density at radius 2 is 1.94 bits per heavy atom. The topological polar surface area (TPSA) is 32.7 Å². The molecule has 1 unspecified atom stereocenters. The van der Waals surface area contributed by atoms with Crippen LogP contribution in [0.5, 0.6) is 0 Å². The summed E-state index contributed by atoms with van der Waals surface area (Å²) in [5.74, 6) is 0. The van der Waals surface area contributed by atoms with Crippen LogP contribution in [0, 0.1) is 0 Å². The van der Waals surface area contributed by atoms with Crippen molar-refractivity contribution >= 4 is 0 Å². The number of hydrogen-bond acceptors (Lipinski definition) is 3. The Hall–Kier alpha value is -0.900. The fourth-order valence-corrected chi connectivity index (χ4v) is 2.89. The Bertz CT molecular complexity index is 374. The molecule has 2 aliphatic rings. The summed E-state index contributed by atoms with van der Waals surface area (Å²) in [4.78, 5) is 2.32. The van der Waals surface area contributed by atoms with Gasteiger partial charge in [0.2, 0.25) is 0 Å². The van der Waals surface area contributed by atoms with Gasteiger partial charge in [-0.05, 0) is 24.0 Å². The van der Waals surface area contributed by atoms with Gasteiger partial charge in [0.15, 0.2) is 0 Å². The third-order valence-electron chi connectivity index (χ3n) is 3.73. The molecule has 1 saturated heterocycles. The van der Waals surface area contributed by atoms with E-state index in [-0.39, 0.29) is 0 Å². The minimum Gasteiger partial charge on any atom is -0.386 e. The molecule has 0 saturated carbocycles. The van der Waals surface area contributed by atoms with Gasteiger partial charge in [0, 0.05) is 26.2 Å². The molecule has 0 bridgehead atoms. The summed E-state index contributed by atoms with van der Waals surface area (Å²) < 4.78 is 5.40. The van der Waals surface area contributed by atoms with Gasteiger partial charge >= 0.3 is 0 Å². The highest BCUT2D eigenvalue weighted by molar-refractivity contribution is 5.30. The predicted molar refractivity (Wildman–Crippen MR) is 65.6 cm³/mol. The molecule has 0 aromatic heterocycles. The number of β-amino-alcohol motifs (C(OH)–C–C–N with tert-alkyl or cyclic N) is 1. The Morgan fingerprint density at radius 3 is 2.53 bits per heavy atom. The lowest BCUT2D eigenvalue weighted by Crippen LogP contribution is -2.47. The van der Waals surface area contributed by atoms with Crippen molar-refractivity contribution in [2.75, 3.05) is 19.8 Å². The third-order valence-corrected chi connectivity index (χ3v) is 3.73. The van der Waals surface area contributed by atoms with E-state index in [1.54, 1.807) is 0 Å². The minimum atomic E-state index is -0.639. The molecule has 1 N–H and O–H groups in total. The van der Waals surface area contributed by atoms with Crippen LogP contribution >= 0.6 is 0 Å². The van der Waals surface area contributed by atoms with Crippen molar-refractivity contribution in [3.63, 3.8) is 0 Å². The predicted octanol–water partition coefficient (Wildman–Crippen LogP) is 1.54. The Kier molecular flexibility index (Phi) is 2.90. The smallest absolute Gasteiger partial charge is 0.101 e. The van der Waals surface area contributed by atoms with Gasteiger partial charge in [0.25, 0.3) is 0 Å². The number of hydrogen-bond donors (Lipinski definition) is 1. The molecule has 92 valence electrons. The zero-order valence-electron chi connectivity index (χ0n) is 10.1. The molecule has 0 radical (unpaired) electrons.